The van der Waals surface area contributed by atoms with Crippen LogP contribution >= 0.6 is 0 Å². The number of nitrogens with zero attached hydrogens (tertiary/aromatic N) is 1. The van der Waals surface area contributed by atoms with E-state index in [1.54, 1.807) is 6.92 Å². The first-order chi connectivity index (χ1) is 6.07. The molecule has 3 amide bonds. The molecule has 0 aromatic carbocycles. The van der Waals surface area contributed by atoms with Gasteiger partial charge in [0, 0.05) is 18.7 Å². The van der Waals surface area contributed by atoms with Crippen LogP contribution in [-0.4, -0.2) is 31.7 Å². The average molecular weight is 183 g/mol. The highest BCUT2D eigenvalue weighted by Crippen LogP contribution is 1.83. The normalized spacial score (nSPS) is 8.69. The highest BCUT2D eigenvalue weighted by molar-refractivity contribution is 5.92. The number of rotatable bonds is 4. The Kier molecular flexibility index (Phi) is 5.18. The second kappa shape index (κ2) is 5.93. The molecule has 5 nitrogen and oxygen atoms in total. The van der Waals surface area contributed by atoms with E-state index in [1.807, 2.05) is 0 Å². The van der Waals surface area contributed by atoms with Gasteiger partial charge in [-0.25, -0.2) is 9.79 Å². The highest BCUT2D eigenvalue weighted by atomic mass is 16.2. The molecule has 0 atom stereocenters. The minimum absolute atomic E-state index is 0.221. The second-order valence-electron chi connectivity index (χ2n) is 2.43. The number of amides is 3. The summed E-state index contributed by atoms with van der Waals surface area (Å²) >= 11 is 0. The van der Waals surface area contributed by atoms with Gasteiger partial charge in [0.1, 0.15) is 0 Å². The van der Waals surface area contributed by atoms with Crippen LogP contribution in [0, 0.1) is 0 Å². The molecule has 0 aromatic heterocycles. The van der Waals surface area contributed by atoms with Crippen LogP contribution in [0.1, 0.15) is 6.92 Å². The van der Waals surface area contributed by atoms with Crippen molar-refractivity contribution in [3.8, 4) is 0 Å². The summed E-state index contributed by atoms with van der Waals surface area (Å²) < 4.78 is 0. The molecule has 0 fully saturated rings. The van der Waals surface area contributed by atoms with Gasteiger partial charge in [-0.1, -0.05) is 6.58 Å². The van der Waals surface area contributed by atoms with E-state index in [0.29, 0.717) is 18.7 Å². The number of carbonyl (C=O) groups is 2. The van der Waals surface area contributed by atoms with Crippen molar-refractivity contribution in [2.45, 2.75) is 6.92 Å². The first-order valence-electron chi connectivity index (χ1n) is 3.76. The molecule has 0 heterocycles. The summed E-state index contributed by atoms with van der Waals surface area (Å²) in [5.41, 5.74) is 0.438. The largest absolute Gasteiger partial charge is 0.351 e. The van der Waals surface area contributed by atoms with E-state index in [2.05, 4.69) is 28.9 Å². The molecule has 0 rings (SSSR count). The third-order valence-electron chi connectivity index (χ3n) is 1.22. The van der Waals surface area contributed by atoms with Crippen molar-refractivity contribution in [1.82, 2.24) is 10.6 Å². The molecule has 0 spiro atoms. The van der Waals surface area contributed by atoms with Gasteiger partial charge in [-0.15, -0.1) is 0 Å². The van der Waals surface area contributed by atoms with E-state index < -0.39 is 6.03 Å². The van der Waals surface area contributed by atoms with Crippen LogP contribution in [-0.2, 0) is 4.79 Å². The zero-order valence-corrected chi connectivity index (χ0v) is 7.59. The van der Waals surface area contributed by atoms with Crippen LogP contribution in [0.25, 0.3) is 0 Å². The Balaban J connectivity index is 3.46. The molecule has 13 heavy (non-hydrogen) atoms. The van der Waals surface area contributed by atoms with Crippen molar-refractivity contribution in [1.29, 1.82) is 0 Å². The third kappa shape index (κ3) is 5.60. The van der Waals surface area contributed by atoms with Gasteiger partial charge in [0.15, 0.2) is 0 Å². The van der Waals surface area contributed by atoms with Crippen molar-refractivity contribution in [3.63, 3.8) is 0 Å². The molecule has 0 saturated heterocycles. The van der Waals surface area contributed by atoms with Crippen molar-refractivity contribution in [2.24, 2.45) is 4.99 Å². The topological polar surface area (TPSA) is 70.6 Å². The Labute approximate surface area is 76.9 Å². The number of nitrogens with one attached hydrogen (secondary N) is 2. The number of aliphatic imine (C=N–C) groups is 1. The minimum atomic E-state index is -0.496. The van der Waals surface area contributed by atoms with Gasteiger partial charge in [0.2, 0.25) is 5.91 Å². The maximum absolute atomic E-state index is 10.9. The van der Waals surface area contributed by atoms with Crippen LogP contribution in [0.2, 0.25) is 0 Å². The van der Waals surface area contributed by atoms with E-state index >= 15 is 0 Å². The molecule has 0 bridgehead atoms. The molecule has 2 N–H and O–H groups in total. The Bertz CT molecular complexity index is 236. The summed E-state index contributed by atoms with van der Waals surface area (Å²) in [5.74, 6) is -0.221. The minimum Gasteiger partial charge on any atom is -0.351 e. The number of carbonyl (C=O) groups excluding carboxylic acids is 2. The Morgan fingerprint density at radius 1 is 1.31 bits per heavy atom. The lowest BCUT2D eigenvalue weighted by Crippen LogP contribution is -2.33. The quantitative estimate of drug-likeness (QED) is 0.368. The maximum Gasteiger partial charge on any atom is 0.340 e. The second-order valence-corrected chi connectivity index (χ2v) is 2.43. The van der Waals surface area contributed by atoms with Crippen molar-refractivity contribution < 1.29 is 9.59 Å². The van der Waals surface area contributed by atoms with E-state index in [-0.39, 0.29) is 5.91 Å². The van der Waals surface area contributed by atoms with E-state index in [9.17, 15) is 9.59 Å². The van der Waals surface area contributed by atoms with E-state index in [0.717, 1.165) is 0 Å². The molecular formula is C8H13N3O2. The fourth-order valence-electron chi connectivity index (χ4n) is 0.552. The third-order valence-corrected chi connectivity index (χ3v) is 1.22. The van der Waals surface area contributed by atoms with Gasteiger partial charge in [-0.3, -0.25) is 4.79 Å². The molecule has 0 aromatic rings. The Hall–Kier alpha value is -1.65. The summed E-state index contributed by atoms with van der Waals surface area (Å²) in [7, 11) is 0. The van der Waals surface area contributed by atoms with Crippen LogP contribution in [0.5, 0.6) is 0 Å². The fourth-order valence-corrected chi connectivity index (χ4v) is 0.552. The molecule has 0 aliphatic heterocycles. The fraction of sp³-hybridized carbons (Fsp3) is 0.375. The van der Waals surface area contributed by atoms with Gasteiger partial charge in [-0.05, 0) is 13.6 Å². The van der Waals surface area contributed by atoms with E-state index in [4.69, 9.17) is 0 Å². The molecule has 0 radical (unpaired) electrons. The number of hydrogen-bond acceptors (Lipinski definition) is 2. The van der Waals surface area contributed by atoms with Gasteiger partial charge in [-0.2, -0.15) is 0 Å². The summed E-state index contributed by atoms with van der Waals surface area (Å²) in [6.07, 6.45) is 0. The van der Waals surface area contributed by atoms with Crippen molar-refractivity contribution in [2.75, 3.05) is 13.1 Å². The van der Waals surface area contributed by atoms with Crippen molar-refractivity contribution in [3.05, 3.63) is 12.2 Å². The van der Waals surface area contributed by atoms with Gasteiger partial charge in [0.25, 0.3) is 0 Å². The predicted octanol–water partition coefficient (Wildman–Crippen LogP) is 0.0889. The van der Waals surface area contributed by atoms with Crippen LogP contribution in [0.3, 0.4) is 0 Å². The van der Waals surface area contributed by atoms with Gasteiger partial charge in [0.05, 0.1) is 0 Å². The molecule has 5 heteroatoms. The Morgan fingerprint density at radius 3 is 2.31 bits per heavy atom. The lowest BCUT2D eigenvalue weighted by Gasteiger charge is -2.03. The van der Waals surface area contributed by atoms with Crippen LogP contribution in [0.4, 0.5) is 4.79 Å². The number of hydrogen-bond donors (Lipinski definition) is 2. The molecule has 0 saturated carbocycles. The maximum atomic E-state index is 10.9. The predicted molar refractivity (Wildman–Crippen MR) is 50.8 cm³/mol. The Morgan fingerprint density at radius 2 is 1.85 bits per heavy atom. The summed E-state index contributed by atoms with van der Waals surface area (Å²) in [6.45, 7) is 8.79. The lowest BCUT2D eigenvalue weighted by atomic mass is 10.3. The summed E-state index contributed by atoms with van der Waals surface area (Å²) in [4.78, 5) is 24.5. The SMILES string of the molecule is C=NC(=O)NCCNC(=O)C(=C)C. The first kappa shape index (κ1) is 11.4. The summed E-state index contributed by atoms with van der Waals surface area (Å²) in [6, 6.07) is -0.496. The molecule has 0 aliphatic rings. The standard InChI is InChI=1S/C8H13N3O2/c1-6(2)7(12)10-4-5-11-8(13)9-3/h1,3-5H2,2H3,(H,10,12)(H,11,13). The smallest absolute Gasteiger partial charge is 0.340 e. The molecular weight excluding hydrogens is 170 g/mol. The monoisotopic (exact) mass is 183 g/mol. The average Bonchev–Trinajstić information content (AvgIpc) is 2.11. The summed E-state index contributed by atoms with van der Waals surface area (Å²) in [5, 5.41) is 4.96. The zero-order valence-electron chi connectivity index (χ0n) is 7.59. The van der Waals surface area contributed by atoms with Gasteiger partial charge >= 0.3 is 6.03 Å². The lowest BCUT2D eigenvalue weighted by molar-refractivity contribution is -0.117. The van der Waals surface area contributed by atoms with Crippen LogP contribution < -0.4 is 10.6 Å². The van der Waals surface area contributed by atoms with Crippen LogP contribution in [0.15, 0.2) is 17.1 Å². The highest BCUT2D eigenvalue weighted by Gasteiger charge is 1.99. The molecule has 0 unspecified atom stereocenters. The zero-order chi connectivity index (χ0) is 10.3. The van der Waals surface area contributed by atoms with Gasteiger partial charge < -0.3 is 10.6 Å². The molecule has 72 valence electrons. The van der Waals surface area contributed by atoms with E-state index in [1.165, 1.54) is 0 Å². The molecule has 0 aliphatic carbocycles. The van der Waals surface area contributed by atoms with Crippen molar-refractivity contribution >= 4 is 18.7 Å². The first-order valence-corrected chi connectivity index (χ1v) is 3.76. The number of urea groups is 1.